The zero-order valence-electron chi connectivity index (χ0n) is 76.6. The number of hydrogen-bond acceptors (Lipinski definition) is 21. The van der Waals surface area contributed by atoms with Gasteiger partial charge >= 0.3 is 24.1 Å². The monoisotopic (exact) mass is 1920 g/mol. The smallest absolute Gasteiger partial charge is 0.446 e. The molecule has 0 spiro atoms. The Labute approximate surface area is 792 Å². The van der Waals surface area contributed by atoms with Crippen LogP contribution in [0, 0.1) is 0 Å². The third kappa shape index (κ3) is 33.9. The minimum atomic E-state index is -4.64. The Bertz CT molecular complexity index is 5690. The van der Waals surface area contributed by atoms with Gasteiger partial charge < -0.3 is 67.4 Å². The molecule has 0 amide bonds. The second kappa shape index (κ2) is 52.0. The number of benzene rings is 8. The maximum absolute atomic E-state index is 13.0. The van der Waals surface area contributed by atoms with E-state index in [-0.39, 0.29) is 53.3 Å². The maximum Gasteiger partial charge on any atom is 0.446 e. The summed E-state index contributed by atoms with van der Waals surface area (Å²) in [5, 5.41) is 13.4. The molecule has 713 valence electrons. The van der Waals surface area contributed by atoms with Crippen LogP contribution >= 0.6 is 15.9 Å². The number of nitrogens with one attached hydrogen (secondary N) is 5. The van der Waals surface area contributed by atoms with Crippen LogP contribution < -0.4 is 36.0 Å². The van der Waals surface area contributed by atoms with E-state index in [1.807, 2.05) is 183 Å². The number of rotatable bonds is 23. The Kier molecular flexibility index (Phi) is 42.7. The highest BCUT2D eigenvalue weighted by Crippen LogP contribution is 2.36. The van der Waals surface area contributed by atoms with Crippen molar-refractivity contribution in [1.29, 1.82) is 0 Å². The molecule has 15 rings (SSSR count). The molecule has 3 radical (unpaired) electrons. The summed E-state index contributed by atoms with van der Waals surface area (Å²) in [4.78, 5) is 66.4. The Morgan fingerprint density at radius 3 is 1.28 bits per heavy atom. The topological polar surface area (TPSA) is 344 Å². The van der Waals surface area contributed by atoms with Gasteiger partial charge in [0.2, 0.25) is 26.3 Å². The molecule has 33 heteroatoms. The third-order valence-corrected chi connectivity index (χ3v) is 25.5. The first-order valence-corrected chi connectivity index (χ1v) is 47.4. The van der Waals surface area contributed by atoms with E-state index in [9.17, 15) is 44.4 Å². The van der Waals surface area contributed by atoms with Crippen molar-refractivity contribution in [2.45, 2.75) is 161 Å². The minimum absolute atomic E-state index is 0. The van der Waals surface area contributed by atoms with Gasteiger partial charge in [0, 0.05) is 184 Å². The van der Waals surface area contributed by atoms with Crippen molar-refractivity contribution >= 4 is 129 Å². The molecule has 133 heavy (non-hydrogen) atoms. The van der Waals surface area contributed by atoms with E-state index in [1.54, 1.807) is 77.5 Å². The number of carbonyl (C=O) groups excluding carboxylic acids is 4. The van der Waals surface area contributed by atoms with Crippen molar-refractivity contribution in [2.24, 2.45) is 0 Å². The first-order chi connectivity index (χ1) is 62.4. The molecule has 0 atom stereocenters. The van der Waals surface area contributed by atoms with E-state index in [1.165, 1.54) is 43.1 Å². The van der Waals surface area contributed by atoms with Crippen molar-refractivity contribution in [3.8, 4) is 0 Å². The molecular weight excluding hydrogens is 1800 g/mol. The number of esters is 3. The van der Waals surface area contributed by atoms with Crippen LogP contribution in [0.15, 0.2) is 240 Å². The van der Waals surface area contributed by atoms with Gasteiger partial charge in [0.15, 0.2) is 0 Å². The Balaban J connectivity index is 0.000000220. The van der Waals surface area contributed by atoms with Gasteiger partial charge in [-0.05, 0) is 225 Å². The highest BCUT2D eigenvalue weighted by Gasteiger charge is 2.33. The number of aldehydes is 1. The highest BCUT2D eigenvalue weighted by atomic mass is 79.9. The molecule has 1 fully saturated rings. The summed E-state index contributed by atoms with van der Waals surface area (Å²) in [5.41, 5.74) is 39.5. The average molecular weight is 1930 g/mol. The van der Waals surface area contributed by atoms with Crippen LogP contribution in [0.25, 0.3) is 49.5 Å². The Morgan fingerprint density at radius 1 is 0.459 bits per heavy atom. The second-order valence-corrected chi connectivity index (χ2v) is 39.0. The van der Waals surface area contributed by atoms with Gasteiger partial charge in [-0.2, -0.15) is 21.8 Å². The molecule has 0 saturated carbocycles. The third-order valence-electron chi connectivity index (χ3n) is 21.1. The molecule has 3 aromatic heterocycles. The van der Waals surface area contributed by atoms with Gasteiger partial charge in [0.05, 0.1) is 29.1 Å². The molecule has 8 aromatic carbocycles. The van der Waals surface area contributed by atoms with Crippen LogP contribution in [-0.2, 0) is 92.3 Å². The van der Waals surface area contributed by atoms with Crippen molar-refractivity contribution < 1.29 is 63.4 Å². The minimum Gasteiger partial charge on any atom is -0.676 e. The number of aromatic nitrogens is 3. The molecular formula is C100H126BBrF3N15O11S2-3. The number of alkyl halides is 3. The largest absolute Gasteiger partial charge is 0.676 e. The van der Waals surface area contributed by atoms with E-state index in [0.29, 0.717) is 101 Å². The number of pyridine rings is 3. The number of nitrogens with two attached hydrogens (primary N) is 1. The van der Waals surface area contributed by atoms with E-state index in [0.717, 1.165) is 112 Å². The molecule has 11 aromatic rings. The van der Waals surface area contributed by atoms with E-state index < -0.39 is 49.3 Å². The van der Waals surface area contributed by atoms with Crippen molar-refractivity contribution in [2.75, 3.05) is 130 Å². The molecule has 4 aliphatic rings. The van der Waals surface area contributed by atoms with Gasteiger partial charge in [0.1, 0.15) is 16.8 Å². The summed E-state index contributed by atoms with van der Waals surface area (Å²) in [6.45, 7) is 28.4. The van der Waals surface area contributed by atoms with Crippen molar-refractivity contribution in [3.05, 3.63) is 280 Å². The average Bonchev–Trinajstić information content (AvgIpc) is 0.772. The lowest BCUT2D eigenvalue weighted by Gasteiger charge is -2.35. The van der Waals surface area contributed by atoms with Crippen LogP contribution in [-0.4, -0.2) is 201 Å². The molecule has 0 bridgehead atoms. The summed E-state index contributed by atoms with van der Waals surface area (Å²) in [7, 11) is -6.99. The lowest BCUT2D eigenvalue weighted by molar-refractivity contribution is -0.156. The number of hydrogen-bond donors (Lipinski definition) is 3. The quantitative estimate of drug-likeness (QED) is 0.0176. The summed E-state index contributed by atoms with van der Waals surface area (Å²) in [6, 6.07) is 59.5. The van der Waals surface area contributed by atoms with Gasteiger partial charge in [-0.3, -0.25) is 34.1 Å². The normalized spacial score (nSPS) is 13.7. The molecule has 0 aliphatic carbocycles. The zero-order chi connectivity index (χ0) is 94.9. The summed E-state index contributed by atoms with van der Waals surface area (Å²) < 4.78 is 104. The fraction of sp³-hybridized carbons (Fsp3) is 0.390. The molecule has 4 aliphatic heterocycles. The first-order valence-electron chi connectivity index (χ1n) is 43.8. The number of ether oxygens (including phenoxy) is 3. The predicted molar refractivity (Wildman–Crippen MR) is 533 cm³/mol. The number of anilines is 5. The number of nitrogen functional groups attached to an aromatic ring is 1. The first kappa shape index (κ1) is 109. The summed E-state index contributed by atoms with van der Waals surface area (Å²) in [6.07, 6.45) is 8.33. The standard InChI is InChI=1S/C24H32N3O4S.C19H23N3O2S.C18H28N3O2.C18H24N3O2.C9H6BrN.C9H8N2.C2HF3O.CH4.B/c1-24(2,3)31-23(28)13-15-26(17-14-25)22-11-7-8-19-18-27(16-12-21(19)22)32(29,30)20-9-5-4-6-10-20;23-25(24,17-6-2-1-3-7-17)22-12-9-18-16(15-22)5-4-8-19(18)21-13-10-20-11-14-21;2*1-18(2,3)23-17(22)8-11-21(12-9-19)16-6-4-5-14-13-20-10-7-15(14)16;2*10-9-3-1-2-7-6-11-5-4-8(7)9;3-2(4,5)1-6;;/h4-11,25H,12-18H2,1-3H3;1-8,20H,9-15H2;4-6,19-20H,7-13H2,1-3H3;4-7,10,13,19H,8-9,11-12H2,1-3H3;1-6H;1-6H,10H2;1H;1H4;/q-1;;2*-1;;;;;. The second-order valence-electron chi connectivity index (χ2n) is 34.2. The fourth-order valence-electron chi connectivity index (χ4n) is 15.3. The molecule has 7 heterocycles. The number of halogens is 4. The van der Waals surface area contributed by atoms with E-state index in [2.05, 4.69) is 92.6 Å². The lowest BCUT2D eigenvalue weighted by atomic mass is 9.98. The van der Waals surface area contributed by atoms with Gasteiger partial charge in [-0.25, -0.2) is 16.8 Å². The highest BCUT2D eigenvalue weighted by molar-refractivity contribution is 9.10. The molecule has 1 saturated heterocycles. The van der Waals surface area contributed by atoms with Crippen molar-refractivity contribution in [1.82, 2.24) is 34.2 Å². The van der Waals surface area contributed by atoms with Crippen molar-refractivity contribution in [3.63, 3.8) is 0 Å². The van der Waals surface area contributed by atoms with Gasteiger partial charge in [-0.1, -0.05) is 133 Å². The SMILES string of the molecule is Brc1cccc2cnccc12.C.CC(C)(C)OC(=O)CCN(CC[NH-])c1cccc2c1CCN(S(=O)(=O)c1ccccc1)C2.CC(C)(C)OC(=O)CCN(CC[NH-])c1cccc2c1CCNC2.CC(C)(C)OC(=O)CCN(CC[NH-])c1cccc2cnccc12.Nc1cccc2cnccc12.O=CC(F)(F)F.O=S(=O)(c1ccccc1)N1CCc2c(cccc2N2CCNCC2)C1.[B]. The lowest BCUT2D eigenvalue weighted by Crippen LogP contribution is -2.44. The van der Waals surface area contributed by atoms with Gasteiger partial charge in [-0.15, -0.1) is 19.6 Å². The Morgan fingerprint density at radius 2 is 0.835 bits per heavy atom. The predicted octanol–water partition coefficient (Wildman–Crippen LogP) is 18.4. The summed E-state index contributed by atoms with van der Waals surface area (Å²) in [5.74, 6) is -0.661. The van der Waals surface area contributed by atoms with E-state index in [4.69, 9.17) is 41.9 Å². The summed E-state index contributed by atoms with van der Waals surface area (Å²) >= 11 is 3.47. The number of carbonyl (C=O) groups is 4. The van der Waals surface area contributed by atoms with Crippen LogP contribution in [0.1, 0.15) is 122 Å². The van der Waals surface area contributed by atoms with Gasteiger partial charge in [0.25, 0.3) is 0 Å². The number of sulfonamides is 2. The fourth-order valence-corrected chi connectivity index (χ4v) is 18.7. The number of nitrogens with zero attached hydrogens (tertiary/aromatic N) is 9. The number of piperazine rings is 1. The Hall–Kier alpha value is -11.0. The zero-order valence-corrected chi connectivity index (χ0v) is 79.8. The van der Waals surface area contributed by atoms with Crippen LogP contribution in [0.3, 0.4) is 0 Å². The molecule has 7 N–H and O–H groups in total. The van der Waals surface area contributed by atoms with Crippen LogP contribution in [0.5, 0.6) is 0 Å². The van der Waals surface area contributed by atoms with E-state index >= 15 is 0 Å². The molecule has 0 unspecified atom stereocenters. The van der Waals surface area contributed by atoms with Crippen LogP contribution in [0.2, 0.25) is 0 Å². The van der Waals surface area contributed by atoms with Crippen LogP contribution in [0.4, 0.5) is 41.6 Å². The maximum atomic E-state index is 13.0. The number of fused-ring (bicyclic) bond motifs is 6. The molecule has 26 nitrogen and oxygen atoms in total.